The molecule has 1 aliphatic carbocycles. The van der Waals surface area contributed by atoms with Gasteiger partial charge in [0.15, 0.2) is 0 Å². The van der Waals surface area contributed by atoms with E-state index in [4.69, 9.17) is 0 Å². The van der Waals surface area contributed by atoms with E-state index in [1.165, 1.54) is 0 Å². The fourth-order valence-electron chi connectivity index (χ4n) is 4.74. The number of nitrogens with one attached hydrogen (secondary N) is 1. The number of sulfonamides is 1. The second kappa shape index (κ2) is 9.03. The molecular weight excluding hydrogens is 434 g/mol. The van der Waals surface area contributed by atoms with Gasteiger partial charge in [-0.2, -0.15) is 0 Å². The first-order chi connectivity index (χ1) is 16.0. The molecule has 4 aromatic rings. The van der Waals surface area contributed by atoms with E-state index in [9.17, 15) is 8.42 Å². The largest absolute Gasteiger partial charge is 0.317 e. The molecule has 1 N–H and O–H groups in total. The van der Waals surface area contributed by atoms with Crippen LogP contribution in [0.5, 0.6) is 0 Å². The molecule has 1 saturated carbocycles. The van der Waals surface area contributed by atoms with Crippen LogP contribution in [0.1, 0.15) is 44.2 Å². The third-order valence-electron chi connectivity index (χ3n) is 6.46. The monoisotopic (exact) mass is 461 g/mol. The van der Waals surface area contributed by atoms with Gasteiger partial charge in [0.25, 0.3) is 0 Å². The summed E-state index contributed by atoms with van der Waals surface area (Å²) < 4.78 is 31.9. The topological polar surface area (TPSA) is 89.8 Å². The second-order valence-electron chi connectivity index (χ2n) is 8.65. The minimum Gasteiger partial charge on any atom is -0.317 e. The molecule has 5 rings (SSSR count). The molecule has 33 heavy (non-hydrogen) atoms. The van der Waals surface area contributed by atoms with Crippen molar-refractivity contribution < 1.29 is 8.42 Å². The minimum absolute atomic E-state index is 0.121. The molecule has 0 spiro atoms. The van der Waals surface area contributed by atoms with Crippen molar-refractivity contribution in [3.05, 3.63) is 72.9 Å². The molecule has 0 aliphatic heterocycles. The van der Waals surface area contributed by atoms with Crippen molar-refractivity contribution >= 4 is 20.9 Å². The van der Waals surface area contributed by atoms with Gasteiger partial charge in [-0.3, -0.25) is 4.98 Å². The van der Waals surface area contributed by atoms with Crippen molar-refractivity contribution in [2.75, 3.05) is 0 Å². The number of aryl methyl sites for hydroxylation is 1. The van der Waals surface area contributed by atoms with E-state index in [0.29, 0.717) is 4.90 Å². The van der Waals surface area contributed by atoms with Crippen LogP contribution >= 0.6 is 0 Å². The Bertz CT molecular complexity index is 1360. The van der Waals surface area contributed by atoms with Crippen LogP contribution in [0.3, 0.4) is 0 Å². The van der Waals surface area contributed by atoms with Crippen molar-refractivity contribution in [3.8, 4) is 11.1 Å². The van der Waals surface area contributed by atoms with Crippen molar-refractivity contribution in [3.63, 3.8) is 0 Å². The van der Waals surface area contributed by atoms with Gasteiger partial charge in [-0.15, -0.1) is 10.2 Å². The molecule has 0 saturated heterocycles. The summed E-state index contributed by atoms with van der Waals surface area (Å²) in [6.45, 7) is 2.04. The van der Waals surface area contributed by atoms with E-state index in [0.717, 1.165) is 59.7 Å². The van der Waals surface area contributed by atoms with Gasteiger partial charge in [0.2, 0.25) is 10.0 Å². The number of rotatable bonds is 6. The third kappa shape index (κ3) is 4.54. The first-order valence-electron chi connectivity index (χ1n) is 11.4. The summed E-state index contributed by atoms with van der Waals surface area (Å²) >= 11 is 0. The number of hydrogen-bond donors (Lipinski definition) is 1. The van der Waals surface area contributed by atoms with E-state index in [1.807, 2.05) is 41.8 Å². The summed E-state index contributed by atoms with van der Waals surface area (Å²) in [7, 11) is -3.68. The smallest absolute Gasteiger partial charge is 0.240 e. The molecule has 2 aromatic heterocycles. The molecule has 170 valence electrons. The molecule has 8 heteroatoms. The lowest BCUT2D eigenvalue weighted by Crippen LogP contribution is -2.38. The van der Waals surface area contributed by atoms with Gasteiger partial charge in [-0.25, -0.2) is 13.1 Å². The summed E-state index contributed by atoms with van der Waals surface area (Å²) in [4.78, 5) is 4.86. The molecule has 2 heterocycles. The zero-order valence-corrected chi connectivity index (χ0v) is 19.4. The summed E-state index contributed by atoms with van der Waals surface area (Å²) in [5.74, 6) is 0. The molecule has 1 fully saturated rings. The summed E-state index contributed by atoms with van der Waals surface area (Å²) in [5.41, 5.74) is 3.65. The fourth-order valence-corrected chi connectivity index (χ4v) is 6.12. The van der Waals surface area contributed by atoms with E-state index in [1.54, 1.807) is 31.0 Å². The second-order valence-corrected chi connectivity index (χ2v) is 10.4. The third-order valence-corrected chi connectivity index (χ3v) is 7.96. The highest BCUT2D eigenvalue weighted by atomic mass is 32.2. The van der Waals surface area contributed by atoms with Gasteiger partial charge in [0.1, 0.15) is 12.7 Å². The highest BCUT2D eigenvalue weighted by molar-refractivity contribution is 7.89. The Hall–Kier alpha value is -3.10. The molecule has 0 amide bonds. The lowest BCUT2D eigenvalue weighted by atomic mass is 9.91. The number of pyridine rings is 1. The predicted molar refractivity (Wildman–Crippen MR) is 128 cm³/mol. The van der Waals surface area contributed by atoms with Gasteiger partial charge in [0.05, 0.1) is 10.4 Å². The number of nitrogens with zero attached hydrogens (tertiary/aromatic N) is 4. The first kappa shape index (κ1) is 21.7. The summed E-state index contributed by atoms with van der Waals surface area (Å²) in [6, 6.07) is 15.6. The molecule has 0 radical (unpaired) electrons. The Morgan fingerprint density at radius 3 is 2.70 bits per heavy atom. The fraction of sp³-hybridized carbons (Fsp3) is 0.320. The van der Waals surface area contributed by atoms with Crippen LogP contribution in [0.2, 0.25) is 0 Å². The van der Waals surface area contributed by atoms with Crippen molar-refractivity contribution in [2.24, 2.45) is 0 Å². The van der Waals surface area contributed by atoms with Gasteiger partial charge >= 0.3 is 0 Å². The van der Waals surface area contributed by atoms with E-state index in [2.05, 4.69) is 26.0 Å². The van der Waals surface area contributed by atoms with Gasteiger partial charge in [0, 0.05) is 29.2 Å². The predicted octanol–water partition coefficient (Wildman–Crippen LogP) is 4.52. The Morgan fingerprint density at radius 1 is 1.06 bits per heavy atom. The maximum absolute atomic E-state index is 13.5. The van der Waals surface area contributed by atoms with Crippen LogP contribution in [-0.4, -0.2) is 34.2 Å². The van der Waals surface area contributed by atoms with Crippen LogP contribution in [-0.2, 0) is 16.4 Å². The van der Waals surface area contributed by atoms with Gasteiger partial charge < -0.3 is 4.57 Å². The normalized spacial score (nSPS) is 19.1. The highest BCUT2D eigenvalue weighted by Crippen LogP contribution is 2.32. The van der Waals surface area contributed by atoms with Gasteiger partial charge in [-0.05, 0) is 61.4 Å². The SMILES string of the molecule is CCc1cc(-c2cccc3cccnc23)cc(S(=O)(=O)N[C@H]2CCC[C@@H](n3cnnc3)C2)c1. The number of hydrogen-bond acceptors (Lipinski definition) is 5. The molecular formula is C25H27N5O2S. The van der Waals surface area contributed by atoms with Crippen molar-refractivity contribution in [1.29, 1.82) is 0 Å². The first-order valence-corrected chi connectivity index (χ1v) is 12.9. The number of benzene rings is 2. The maximum Gasteiger partial charge on any atom is 0.240 e. The minimum atomic E-state index is -3.68. The summed E-state index contributed by atoms with van der Waals surface area (Å²) in [5, 5.41) is 8.82. The van der Waals surface area contributed by atoms with E-state index < -0.39 is 10.0 Å². The Kier molecular flexibility index (Phi) is 5.95. The summed E-state index contributed by atoms with van der Waals surface area (Å²) in [6.07, 6.45) is 9.43. The van der Waals surface area contributed by atoms with Gasteiger partial charge in [-0.1, -0.05) is 37.3 Å². The molecule has 0 unspecified atom stereocenters. The Labute approximate surface area is 193 Å². The molecule has 2 atom stereocenters. The van der Waals surface area contributed by atoms with E-state index >= 15 is 0 Å². The van der Waals surface area contributed by atoms with Crippen LogP contribution in [0.15, 0.2) is 72.3 Å². The number of fused-ring (bicyclic) bond motifs is 1. The lowest BCUT2D eigenvalue weighted by molar-refractivity contribution is 0.305. The highest BCUT2D eigenvalue weighted by Gasteiger charge is 2.28. The average molecular weight is 462 g/mol. The zero-order chi connectivity index (χ0) is 22.8. The molecule has 2 aromatic carbocycles. The Balaban J connectivity index is 1.47. The number of aromatic nitrogens is 4. The molecule has 0 bridgehead atoms. The molecule has 7 nitrogen and oxygen atoms in total. The van der Waals surface area contributed by atoms with Crippen molar-refractivity contribution in [2.45, 2.75) is 56.0 Å². The molecule has 1 aliphatic rings. The lowest BCUT2D eigenvalue weighted by Gasteiger charge is -2.30. The van der Waals surface area contributed by atoms with E-state index in [-0.39, 0.29) is 12.1 Å². The van der Waals surface area contributed by atoms with Crippen LogP contribution in [0.4, 0.5) is 0 Å². The average Bonchev–Trinajstić information content (AvgIpc) is 3.38. The quantitative estimate of drug-likeness (QED) is 0.456. The standard InChI is InChI=1S/C25H27N5O2S/c1-2-18-12-20(24-10-3-6-19-7-5-11-26-25(19)24)14-23(13-18)33(31,32)29-21-8-4-9-22(15-21)30-16-27-28-17-30/h3,5-7,10-14,16-17,21-22,29H,2,4,8-9,15H2,1H3/t21-,22+/m0/s1. The van der Waals surface area contributed by atoms with Crippen LogP contribution in [0.25, 0.3) is 22.0 Å². The Morgan fingerprint density at radius 2 is 1.88 bits per heavy atom. The van der Waals surface area contributed by atoms with Crippen LogP contribution < -0.4 is 4.72 Å². The van der Waals surface area contributed by atoms with Crippen molar-refractivity contribution in [1.82, 2.24) is 24.5 Å². The maximum atomic E-state index is 13.5. The van der Waals surface area contributed by atoms with Crippen LogP contribution in [0, 0.1) is 0 Å². The number of para-hydroxylation sites is 1. The zero-order valence-electron chi connectivity index (χ0n) is 18.6.